The number of aromatic nitrogens is 4. The predicted molar refractivity (Wildman–Crippen MR) is 86.4 cm³/mol. The van der Waals surface area contributed by atoms with Crippen molar-refractivity contribution >= 4 is 11.4 Å². The molecule has 1 aromatic heterocycles. The van der Waals surface area contributed by atoms with Gasteiger partial charge in [0.25, 0.3) is 0 Å². The van der Waals surface area contributed by atoms with Crippen molar-refractivity contribution in [1.29, 1.82) is 0 Å². The number of hydrogen-bond acceptors (Lipinski definition) is 5. The smallest absolute Gasteiger partial charge is 0.278 e. The number of halogens is 3. The fraction of sp³-hybridized carbons (Fsp3) is 0.125. The van der Waals surface area contributed by atoms with E-state index < -0.39 is 11.7 Å². The average Bonchev–Trinajstić information content (AvgIpc) is 3.14. The highest BCUT2D eigenvalue weighted by Crippen LogP contribution is 2.34. The molecular weight excluding hydrogens is 333 g/mol. The maximum absolute atomic E-state index is 13.0. The summed E-state index contributed by atoms with van der Waals surface area (Å²) < 4.78 is 40.5. The third kappa shape index (κ3) is 3.82. The minimum absolute atomic E-state index is 0.106. The van der Waals surface area contributed by atoms with Crippen molar-refractivity contribution in [3.63, 3.8) is 0 Å². The number of tetrazole rings is 1. The number of hydrazone groups is 1. The highest BCUT2D eigenvalue weighted by atomic mass is 19.4. The van der Waals surface area contributed by atoms with Gasteiger partial charge in [0.15, 0.2) is 0 Å². The Balaban J connectivity index is 1.85. The summed E-state index contributed by atoms with van der Waals surface area (Å²) in [6, 6.07) is 12.4. The number of benzene rings is 2. The summed E-state index contributed by atoms with van der Waals surface area (Å²) >= 11 is 0. The molecule has 3 rings (SSSR count). The Bertz CT molecular complexity index is 887. The first kappa shape index (κ1) is 16.6. The van der Waals surface area contributed by atoms with Crippen molar-refractivity contribution < 1.29 is 13.2 Å². The van der Waals surface area contributed by atoms with Gasteiger partial charge in [-0.3, -0.25) is 5.43 Å². The number of nitrogens with zero attached hydrogens (tertiary/aromatic N) is 5. The van der Waals surface area contributed by atoms with E-state index in [1.54, 1.807) is 31.2 Å². The van der Waals surface area contributed by atoms with Crippen LogP contribution in [0, 0.1) is 0 Å². The van der Waals surface area contributed by atoms with E-state index in [0.29, 0.717) is 11.4 Å². The maximum atomic E-state index is 13.0. The number of hydrogen-bond donors (Lipinski definition) is 1. The fourth-order valence-corrected chi connectivity index (χ4v) is 2.19. The molecule has 3 aromatic rings. The summed E-state index contributed by atoms with van der Waals surface area (Å²) in [6.07, 6.45) is -3.00. The molecule has 2 aromatic carbocycles. The van der Waals surface area contributed by atoms with E-state index in [0.717, 1.165) is 11.6 Å². The first-order chi connectivity index (χ1) is 11.9. The normalized spacial score (nSPS) is 12.2. The first-order valence-corrected chi connectivity index (χ1v) is 7.25. The Kier molecular flexibility index (Phi) is 4.46. The quantitative estimate of drug-likeness (QED) is 0.580. The molecule has 0 saturated heterocycles. The molecule has 25 heavy (non-hydrogen) atoms. The largest absolute Gasteiger partial charge is 0.418 e. The van der Waals surface area contributed by atoms with Gasteiger partial charge in [0.1, 0.15) is 6.33 Å². The summed E-state index contributed by atoms with van der Waals surface area (Å²) in [5.41, 5.74) is 3.58. The van der Waals surface area contributed by atoms with Crippen LogP contribution in [-0.4, -0.2) is 25.9 Å². The molecule has 1 heterocycles. The van der Waals surface area contributed by atoms with Gasteiger partial charge < -0.3 is 0 Å². The summed E-state index contributed by atoms with van der Waals surface area (Å²) in [5.74, 6) is 0. The van der Waals surface area contributed by atoms with Gasteiger partial charge in [-0.05, 0) is 47.2 Å². The Labute approximate surface area is 141 Å². The fourth-order valence-electron chi connectivity index (χ4n) is 2.19. The van der Waals surface area contributed by atoms with Gasteiger partial charge in [-0.25, -0.2) is 4.68 Å². The van der Waals surface area contributed by atoms with Crippen LogP contribution in [0.5, 0.6) is 0 Å². The molecule has 0 aliphatic carbocycles. The Hall–Kier alpha value is -3.23. The van der Waals surface area contributed by atoms with E-state index in [-0.39, 0.29) is 5.69 Å². The number of rotatable bonds is 4. The molecule has 0 atom stereocenters. The SMILES string of the molecule is C/C(=N\Nc1ccccc1C(F)(F)F)c1cccc(-n2cnnn2)c1. The van der Waals surface area contributed by atoms with Crippen LogP contribution < -0.4 is 5.43 Å². The molecule has 0 aliphatic heterocycles. The molecule has 6 nitrogen and oxygen atoms in total. The first-order valence-electron chi connectivity index (χ1n) is 7.25. The van der Waals surface area contributed by atoms with Crippen LogP contribution in [0.2, 0.25) is 0 Å². The van der Waals surface area contributed by atoms with Crippen molar-refractivity contribution in [1.82, 2.24) is 20.2 Å². The molecular formula is C16H13F3N6. The topological polar surface area (TPSA) is 68.0 Å². The summed E-state index contributed by atoms with van der Waals surface area (Å²) in [6.45, 7) is 1.70. The van der Waals surface area contributed by atoms with Crippen molar-refractivity contribution in [3.05, 3.63) is 66.0 Å². The highest BCUT2D eigenvalue weighted by Gasteiger charge is 2.33. The second-order valence-corrected chi connectivity index (χ2v) is 5.16. The van der Waals surface area contributed by atoms with Crippen molar-refractivity contribution in [2.75, 3.05) is 5.43 Å². The van der Waals surface area contributed by atoms with Crippen LogP contribution in [-0.2, 0) is 6.18 Å². The number of alkyl halides is 3. The van der Waals surface area contributed by atoms with Gasteiger partial charge in [0, 0.05) is 0 Å². The van der Waals surface area contributed by atoms with Gasteiger partial charge in [0.05, 0.1) is 22.6 Å². The lowest BCUT2D eigenvalue weighted by Crippen LogP contribution is -2.09. The number of para-hydroxylation sites is 1. The third-order valence-corrected chi connectivity index (χ3v) is 3.45. The lowest BCUT2D eigenvalue weighted by Gasteiger charge is -2.12. The molecule has 1 N–H and O–H groups in total. The Morgan fingerprint density at radius 2 is 1.92 bits per heavy atom. The molecule has 9 heteroatoms. The molecule has 0 saturated carbocycles. The average molecular weight is 346 g/mol. The predicted octanol–water partition coefficient (Wildman–Crippen LogP) is 3.52. The standard InChI is InChI=1S/C16H13F3N6/c1-11(12-5-4-6-13(9-12)25-10-20-23-24-25)21-22-15-8-3-2-7-14(15)16(17,18)19/h2-10,22H,1H3/b21-11+. The van der Waals surface area contributed by atoms with Crippen molar-refractivity contribution in [2.24, 2.45) is 5.10 Å². The number of anilines is 1. The van der Waals surface area contributed by atoms with Crippen LogP contribution in [0.1, 0.15) is 18.1 Å². The van der Waals surface area contributed by atoms with Crippen molar-refractivity contribution in [2.45, 2.75) is 13.1 Å². The van der Waals surface area contributed by atoms with E-state index >= 15 is 0 Å². The zero-order valence-electron chi connectivity index (χ0n) is 13.1. The van der Waals surface area contributed by atoms with Crippen LogP contribution in [0.25, 0.3) is 5.69 Å². The Morgan fingerprint density at radius 3 is 2.64 bits per heavy atom. The van der Waals surface area contributed by atoms with E-state index in [1.807, 2.05) is 0 Å². The van der Waals surface area contributed by atoms with Gasteiger partial charge >= 0.3 is 6.18 Å². The van der Waals surface area contributed by atoms with Crippen LogP contribution in [0.4, 0.5) is 18.9 Å². The minimum Gasteiger partial charge on any atom is -0.278 e. The van der Waals surface area contributed by atoms with Gasteiger partial charge in [-0.1, -0.05) is 24.3 Å². The lowest BCUT2D eigenvalue weighted by atomic mass is 10.1. The highest BCUT2D eigenvalue weighted by molar-refractivity contribution is 5.99. The van der Waals surface area contributed by atoms with E-state index in [2.05, 4.69) is 26.1 Å². The van der Waals surface area contributed by atoms with Gasteiger partial charge in [-0.2, -0.15) is 18.3 Å². The van der Waals surface area contributed by atoms with Gasteiger partial charge in [0.2, 0.25) is 0 Å². The molecule has 0 spiro atoms. The third-order valence-electron chi connectivity index (χ3n) is 3.45. The van der Waals surface area contributed by atoms with Gasteiger partial charge in [-0.15, -0.1) is 5.10 Å². The summed E-state index contributed by atoms with van der Waals surface area (Å²) in [5, 5.41) is 15.0. The maximum Gasteiger partial charge on any atom is 0.418 e. The molecule has 0 aliphatic rings. The monoisotopic (exact) mass is 346 g/mol. The number of nitrogens with one attached hydrogen (secondary N) is 1. The molecule has 0 bridgehead atoms. The summed E-state index contributed by atoms with van der Waals surface area (Å²) in [7, 11) is 0. The van der Waals surface area contributed by atoms with E-state index in [1.165, 1.54) is 29.2 Å². The molecule has 128 valence electrons. The summed E-state index contributed by atoms with van der Waals surface area (Å²) in [4.78, 5) is 0. The molecule has 0 amide bonds. The molecule has 0 fully saturated rings. The molecule has 0 radical (unpaired) electrons. The minimum atomic E-state index is -4.45. The van der Waals surface area contributed by atoms with Crippen molar-refractivity contribution in [3.8, 4) is 5.69 Å². The van der Waals surface area contributed by atoms with Crippen LogP contribution in [0.15, 0.2) is 60.0 Å². The van der Waals surface area contributed by atoms with Crippen LogP contribution in [0.3, 0.4) is 0 Å². The Morgan fingerprint density at radius 1 is 1.12 bits per heavy atom. The zero-order chi connectivity index (χ0) is 17.9. The second-order valence-electron chi connectivity index (χ2n) is 5.16. The van der Waals surface area contributed by atoms with E-state index in [4.69, 9.17) is 0 Å². The molecule has 0 unspecified atom stereocenters. The van der Waals surface area contributed by atoms with E-state index in [9.17, 15) is 13.2 Å². The zero-order valence-corrected chi connectivity index (χ0v) is 13.1. The van der Waals surface area contributed by atoms with Crippen LogP contribution >= 0.6 is 0 Å². The lowest BCUT2D eigenvalue weighted by molar-refractivity contribution is -0.136. The second kappa shape index (κ2) is 6.71.